The van der Waals surface area contributed by atoms with Gasteiger partial charge in [0.25, 0.3) is 0 Å². The normalized spacial score (nSPS) is 20.0. The fraction of sp³-hybridized carbons (Fsp3) is 0.455. The Balaban J connectivity index is 2.57. The van der Waals surface area contributed by atoms with Crippen LogP contribution in [0, 0.1) is 0 Å². The highest BCUT2D eigenvalue weighted by molar-refractivity contribution is 5.50. The van der Waals surface area contributed by atoms with Crippen LogP contribution in [-0.2, 0) is 6.42 Å². The highest BCUT2D eigenvalue weighted by Gasteiger charge is 2.22. The van der Waals surface area contributed by atoms with E-state index < -0.39 is 0 Å². The van der Waals surface area contributed by atoms with Gasteiger partial charge >= 0.3 is 0 Å². The topological polar surface area (TPSA) is 55.5 Å². The van der Waals surface area contributed by atoms with Crippen molar-refractivity contribution in [2.75, 3.05) is 6.61 Å². The molecule has 2 rings (SSSR count). The number of ether oxygens (including phenoxy) is 1. The number of fused-ring (bicyclic) bond motifs is 1. The third-order valence-electron chi connectivity index (χ3n) is 2.70. The molecule has 1 atom stereocenters. The van der Waals surface area contributed by atoms with Gasteiger partial charge in [-0.3, -0.25) is 0 Å². The summed E-state index contributed by atoms with van der Waals surface area (Å²) in [6.07, 6.45) is 1.61. The van der Waals surface area contributed by atoms with E-state index in [1.165, 1.54) is 0 Å². The number of phenolic OH excluding ortho intramolecular Hbond substituents is 1. The Labute approximate surface area is 83.5 Å². The highest BCUT2D eigenvalue weighted by atomic mass is 16.5. The van der Waals surface area contributed by atoms with Gasteiger partial charge in [0.05, 0.1) is 6.61 Å². The summed E-state index contributed by atoms with van der Waals surface area (Å²) in [6.45, 7) is 2.68. The molecule has 0 spiro atoms. The van der Waals surface area contributed by atoms with Gasteiger partial charge in [-0.15, -0.1) is 0 Å². The quantitative estimate of drug-likeness (QED) is 0.714. The number of hydrogen-bond donors (Lipinski definition) is 2. The van der Waals surface area contributed by atoms with Crippen molar-refractivity contribution in [2.45, 2.75) is 25.8 Å². The van der Waals surface area contributed by atoms with Crippen LogP contribution in [0.5, 0.6) is 11.5 Å². The minimum atomic E-state index is 0.000741. The van der Waals surface area contributed by atoms with Gasteiger partial charge in [-0.25, -0.2) is 0 Å². The predicted octanol–water partition coefficient (Wildman–Crippen LogP) is 1.74. The zero-order chi connectivity index (χ0) is 10.1. The number of benzene rings is 1. The van der Waals surface area contributed by atoms with Crippen LogP contribution in [0.2, 0.25) is 0 Å². The predicted molar refractivity (Wildman–Crippen MR) is 54.5 cm³/mol. The van der Waals surface area contributed by atoms with Crippen LogP contribution < -0.4 is 10.5 Å². The molecule has 0 aliphatic carbocycles. The molecule has 1 aliphatic rings. The van der Waals surface area contributed by atoms with Crippen molar-refractivity contribution in [3.63, 3.8) is 0 Å². The summed E-state index contributed by atoms with van der Waals surface area (Å²) in [6, 6.07) is 3.47. The molecule has 0 saturated carbocycles. The van der Waals surface area contributed by atoms with Crippen LogP contribution in [0.4, 0.5) is 0 Å². The van der Waals surface area contributed by atoms with E-state index in [0.717, 1.165) is 29.7 Å². The van der Waals surface area contributed by atoms with Crippen molar-refractivity contribution < 1.29 is 9.84 Å². The summed E-state index contributed by atoms with van der Waals surface area (Å²) >= 11 is 0. The van der Waals surface area contributed by atoms with Gasteiger partial charge in [0.15, 0.2) is 0 Å². The molecule has 0 radical (unpaired) electrons. The lowest BCUT2D eigenvalue weighted by atomic mass is 9.94. The second kappa shape index (κ2) is 3.50. The monoisotopic (exact) mass is 193 g/mol. The molecule has 0 saturated heterocycles. The first-order chi connectivity index (χ1) is 6.74. The molecule has 1 aromatic carbocycles. The number of aromatic hydroxyl groups is 1. The maximum atomic E-state index is 9.67. The molecule has 0 fully saturated rings. The van der Waals surface area contributed by atoms with Crippen molar-refractivity contribution in [1.82, 2.24) is 0 Å². The summed E-state index contributed by atoms with van der Waals surface area (Å²) in [5, 5.41) is 9.67. The molecule has 1 heterocycles. The van der Waals surface area contributed by atoms with Crippen LogP contribution in [-0.4, -0.2) is 11.7 Å². The third-order valence-corrected chi connectivity index (χ3v) is 2.70. The molecule has 1 aromatic rings. The summed E-state index contributed by atoms with van der Waals surface area (Å²) in [5.74, 6) is 1.16. The molecule has 3 nitrogen and oxygen atoms in total. The van der Waals surface area contributed by atoms with Gasteiger partial charge in [0, 0.05) is 23.6 Å². The van der Waals surface area contributed by atoms with E-state index in [1.807, 2.05) is 6.92 Å². The zero-order valence-corrected chi connectivity index (χ0v) is 8.29. The second-order valence-corrected chi connectivity index (χ2v) is 3.57. The van der Waals surface area contributed by atoms with Crippen LogP contribution >= 0.6 is 0 Å². The summed E-state index contributed by atoms with van der Waals surface area (Å²) < 4.78 is 5.50. The van der Waals surface area contributed by atoms with Gasteiger partial charge in [-0.2, -0.15) is 0 Å². The molecule has 0 amide bonds. The van der Waals surface area contributed by atoms with Gasteiger partial charge in [-0.1, -0.05) is 6.92 Å². The number of hydrogen-bond acceptors (Lipinski definition) is 3. The number of rotatable bonds is 1. The molecule has 3 N–H and O–H groups in total. The largest absolute Gasteiger partial charge is 0.508 e. The molecule has 3 heteroatoms. The van der Waals surface area contributed by atoms with Crippen LogP contribution in [0.3, 0.4) is 0 Å². The fourth-order valence-electron chi connectivity index (χ4n) is 1.98. The fourth-order valence-corrected chi connectivity index (χ4v) is 1.98. The van der Waals surface area contributed by atoms with E-state index in [0.29, 0.717) is 12.4 Å². The molecule has 1 unspecified atom stereocenters. The molecular formula is C11H15NO2. The van der Waals surface area contributed by atoms with E-state index in [9.17, 15) is 5.11 Å². The number of phenols is 1. The van der Waals surface area contributed by atoms with E-state index in [-0.39, 0.29) is 6.04 Å². The average Bonchev–Trinajstić information content (AvgIpc) is 2.19. The zero-order valence-electron chi connectivity index (χ0n) is 8.29. The molecule has 0 aromatic heterocycles. The Bertz CT molecular complexity index is 349. The molecule has 76 valence electrons. The van der Waals surface area contributed by atoms with Crippen molar-refractivity contribution in [1.29, 1.82) is 0 Å². The molecular weight excluding hydrogens is 178 g/mol. The third kappa shape index (κ3) is 1.34. The lowest BCUT2D eigenvalue weighted by Gasteiger charge is -2.25. The molecule has 14 heavy (non-hydrogen) atoms. The standard InChI is InChI=1S/C11H15NO2/c1-2-7-9(13)3-4-10-11(7)8(12)5-6-14-10/h3-4,8,13H,2,5-6,12H2,1H3. The first kappa shape index (κ1) is 9.34. The lowest BCUT2D eigenvalue weighted by Crippen LogP contribution is -2.22. The van der Waals surface area contributed by atoms with E-state index in [4.69, 9.17) is 10.5 Å². The summed E-state index contributed by atoms with van der Waals surface area (Å²) in [4.78, 5) is 0. The van der Waals surface area contributed by atoms with E-state index in [1.54, 1.807) is 12.1 Å². The van der Waals surface area contributed by atoms with Gasteiger partial charge < -0.3 is 15.6 Å². The Kier molecular flexibility index (Phi) is 2.33. The smallest absolute Gasteiger partial charge is 0.124 e. The molecule has 0 bridgehead atoms. The minimum Gasteiger partial charge on any atom is -0.508 e. The summed E-state index contributed by atoms with van der Waals surface area (Å²) in [5.41, 5.74) is 7.91. The SMILES string of the molecule is CCc1c(O)ccc2c1C(N)CCO2. The van der Waals surface area contributed by atoms with Crippen molar-refractivity contribution in [2.24, 2.45) is 5.73 Å². The van der Waals surface area contributed by atoms with Gasteiger partial charge in [0.1, 0.15) is 11.5 Å². The van der Waals surface area contributed by atoms with Gasteiger partial charge in [0.2, 0.25) is 0 Å². The lowest BCUT2D eigenvalue weighted by molar-refractivity contribution is 0.267. The van der Waals surface area contributed by atoms with Crippen LogP contribution in [0.15, 0.2) is 12.1 Å². The second-order valence-electron chi connectivity index (χ2n) is 3.57. The average molecular weight is 193 g/mol. The summed E-state index contributed by atoms with van der Waals surface area (Å²) in [7, 11) is 0. The highest BCUT2D eigenvalue weighted by Crippen LogP contribution is 2.37. The first-order valence-electron chi connectivity index (χ1n) is 4.97. The van der Waals surface area contributed by atoms with Crippen LogP contribution in [0.25, 0.3) is 0 Å². The van der Waals surface area contributed by atoms with Crippen molar-refractivity contribution in [3.8, 4) is 11.5 Å². The van der Waals surface area contributed by atoms with Crippen molar-refractivity contribution >= 4 is 0 Å². The minimum absolute atomic E-state index is 0.000741. The maximum Gasteiger partial charge on any atom is 0.124 e. The Morgan fingerprint density at radius 2 is 2.36 bits per heavy atom. The first-order valence-corrected chi connectivity index (χ1v) is 4.97. The Morgan fingerprint density at radius 1 is 1.57 bits per heavy atom. The van der Waals surface area contributed by atoms with E-state index >= 15 is 0 Å². The van der Waals surface area contributed by atoms with Crippen LogP contribution in [0.1, 0.15) is 30.5 Å². The Hall–Kier alpha value is -1.22. The van der Waals surface area contributed by atoms with Crippen molar-refractivity contribution in [3.05, 3.63) is 23.3 Å². The van der Waals surface area contributed by atoms with E-state index in [2.05, 4.69) is 0 Å². The Morgan fingerprint density at radius 3 is 3.07 bits per heavy atom. The number of nitrogens with two attached hydrogens (primary N) is 1. The van der Waals surface area contributed by atoms with Gasteiger partial charge in [-0.05, 0) is 18.6 Å². The maximum absolute atomic E-state index is 9.67. The molecule has 1 aliphatic heterocycles.